The molecule has 0 aliphatic heterocycles. The summed E-state index contributed by atoms with van der Waals surface area (Å²) in [5, 5.41) is 11.4. The summed E-state index contributed by atoms with van der Waals surface area (Å²) in [6.45, 7) is 3.40. The van der Waals surface area contributed by atoms with Gasteiger partial charge in [0.25, 0.3) is 0 Å². The van der Waals surface area contributed by atoms with Crippen molar-refractivity contribution in [2.75, 3.05) is 11.9 Å². The molecule has 1 aromatic heterocycles. The summed E-state index contributed by atoms with van der Waals surface area (Å²) in [5.41, 5.74) is 0. The van der Waals surface area contributed by atoms with Gasteiger partial charge in [0, 0.05) is 18.7 Å². The van der Waals surface area contributed by atoms with Crippen LogP contribution in [0.4, 0.5) is 19.0 Å². The Morgan fingerprint density at radius 1 is 1.39 bits per heavy atom. The van der Waals surface area contributed by atoms with E-state index in [1.54, 1.807) is 13.8 Å². The van der Waals surface area contributed by atoms with Gasteiger partial charge in [-0.15, -0.1) is 0 Å². The van der Waals surface area contributed by atoms with Gasteiger partial charge in [0.05, 0.1) is 0 Å². The molecular weight excluding hydrogens is 271 g/mol. The Kier molecular flexibility index (Phi) is 4.75. The van der Waals surface area contributed by atoms with E-state index < -0.39 is 12.0 Å². The van der Waals surface area contributed by atoms with E-state index in [4.69, 9.17) is 16.7 Å². The normalized spacial score (nSPS) is 15.3. The van der Waals surface area contributed by atoms with Crippen LogP contribution in [0.25, 0.3) is 0 Å². The molecule has 0 amide bonds. The second kappa shape index (κ2) is 5.71. The molecule has 8 heteroatoms. The maximum absolute atomic E-state index is 12.5. The number of hydrogen-bond acceptors (Lipinski definition) is 4. The van der Waals surface area contributed by atoms with E-state index in [1.165, 1.54) is 6.07 Å². The molecule has 102 valence electrons. The summed E-state index contributed by atoms with van der Waals surface area (Å²) >= 11 is 5.51. The highest BCUT2D eigenvalue weighted by molar-refractivity contribution is 6.29. The average Bonchev–Trinajstić information content (AvgIpc) is 2.25. The minimum absolute atomic E-state index is 0.0184. The van der Waals surface area contributed by atoms with Crippen molar-refractivity contribution < 1.29 is 18.3 Å². The number of hydrogen-bond donors (Lipinski definition) is 2. The summed E-state index contributed by atoms with van der Waals surface area (Å²) in [6, 6.07) is 0.958. The highest BCUT2D eigenvalue weighted by atomic mass is 35.5. The van der Waals surface area contributed by atoms with Crippen LogP contribution in [0.15, 0.2) is 6.07 Å². The van der Waals surface area contributed by atoms with Crippen LogP contribution in [0.1, 0.15) is 19.7 Å². The Hall–Kier alpha value is -1.08. The standard InChI is InChI=1S/C10H13ClF3N3O/c1-5(4-18)6(2)15-8-3-7(11)16-9(17-8)10(12,13)14/h3,5-6,18H,4H2,1-2H3,(H,15,16,17). The molecule has 1 aromatic rings. The molecule has 0 aromatic carbocycles. The zero-order valence-corrected chi connectivity index (χ0v) is 10.5. The largest absolute Gasteiger partial charge is 0.451 e. The Bertz CT molecular complexity index is 414. The first-order valence-electron chi connectivity index (χ1n) is 5.23. The summed E-state index contributed by atoms with van der Waals surface area (Å²) in [6.07, 6.45) is -4.65. The van der Waals surface area contributed by atoms with Gasteiger partial charge < -0.3 is 10.4 Å². The number of aromatic nitrogens is 2. The highest BCUT2D eigenvalue weighted by Gasteiger charge is 2.35. The molecule has 0 aliphatic rings. The number of alkyl halides is 3. The van der Waals surface area contributed by atoms with Gasteiger partial charge in [-0.3, -0.25) is 0 Å². The van der Waals surface area contributed by atoms with Crippen LogP contribution in [0.2, 0.25) is 5.15 Å². The molecule has 1 rings (SSSR count). The monoisotopic (exact) mass is 283 g/mol. The zero-order valence-electron chi connectivity index (χ0n) is 9.79. The Balaban J connectivity index is 2.94. The fourth-order valence-electron chi connectivity index (χ4n) is 1.15. The predicted octanol–water partition coefficient (Wildman–Crippen LogP) is 2.58. The third-order valence-corrected chi connectivity index (χ3v) is 2.66. The van der Waals surface area contributed by atoms with Gasteiger partial charge in [-0.2, -0.15) is 13.2 Å². The van der Waals surface area contributed by atoms with Crippen molar-refractivity contribution in [2.45, 2.75) is 26.1 Å². The summed E-state index contributed by atoms with van der Waals surface area (Å²) in [4.78, 5) is 6.47. The lowest BCUT2D eigenvalue weighted by Gasteiger charge is -2.20. The topological polar surface area (TPSA) is 58.0 Å². The van der Waals surface area contributed by atoms with Gasteiger partial charge in [0.1, 0.15) is 11.0 Å². The number of aliphatic hydroxyl groups excluding tert-OH is 1. The second-order valence-corrected chi connectivity index (χ2v) is 4.38. The van der Waals surface area contributed by atoms with Gasteiger partial charge in [-0.25, -0.2) is 9.97 Å². The van der Waals surface area contributed by atoms with Gasteiger partial charge in [-0.05, 0) is 12.8 Å². The average molecular weight is 284 g/mol. The molecule has 2 unspecified atom stereocenters. The Morgan fingerprint density at radius 2 is 2.00 bits per heavy atom. The molecule has 0 aliphatic carbocycles. The second-order valence-electron chi connectivity index (χ2n) is 3.99. The maximum atomic E-state index is 12.5. The van der Waals surface area contributed by atoms with Crippen LogP contribution >= 0.6 is 11.6 Å². The van der Waals surface area contributed by atoms with Crippen LogP contribution in [-0.4, -0.2) is 27.7 Å². The quantitative estimate of drug-likeness (QED) is 0.834. The molecule has 18 heavy (non-hydrogen) atoms. The number of nitrogens with one attached hydrogen (secondary N) is 1. The third kappa shape index (κ3) is 3.99. The first-order chi connectivity index (χ1) is 8.24. The van der Waals surface area contributed by atoms with E-state index in [9.17, 15) is 13.2 Å². The summed E-state index contributed by atoms with van der Waals surface area (Å²) in [5.74, 6) is -1.44. The smallest absolute Gasteiger partial charge is 0.396 e. The summed E-state index contributed by atoms with van der Waals surface area (Å²) in [7, 11) is 0. The number of nitrogens with zero attached hydrogens (tertiary/aromatic N) is 2. The molecular formula is C10H13ClF3N3O. The van der Waals surface area contributed by atoms with Crippen molar-refractivity contribution in [1.29, 1.82) is 0 Å². The van der Waals surface area contributed by atoms with E-state index in [1.807, 2.05) is 0 Å². The van der Waals surface area contributed by atoms with Crippen LogP contribution in [-0.2, 0) is 6.18 Å². The molecule has 0 bridgehead atoms. The highest BCUT2D eigenvalue weighted by Crippen LogP contribution is 2.28. The first kappa shape index (κ1) is 15.0. The number of rotatable bonds is 4. The lowest BCUT2D eigenvalue weighted by molar-refractivity contribution is -0.144. The molecule has 1 heterocycles. The molecule has 2 atom stereocenters. The summed E-state index contributed by atoms with van der Waals surface area (Å²) < 4.78 is 37.4. The Labute approximate surface area is 107 Å². The molecule has 0 saturated carbocycles. The van der Waals surface area contributed by atoms with Crippen LogP contribution in [0.3, 0.4) is 0 Å². The van der Waals surface area contributed by atoms with Crippen molar-refractivity contribution in [3.8, 4) is 0 Å². The van der Waals surface area contributed by atoms with Crippen LogP contribution in [0, 0.1) is 5.92 Å². The fourth-order valence-corrected chi connectivity index (χ4v) is 1.34. The number of anilines is 1. The molecule has 0 fully saturated rings. The third-order valence-electron chi connectivity index (χ3n) is 2.47. The van der Waals surface area contributed by atoms with Gasteiger partial charge in [-0.1, -0.05) is 18.5 Å². The number of halogens is 4. The van der Waals surface area contributed by atoms with E-state index in [-0.39, 0.29) is 29.5 Å². The van der Waals surface area contributed by atoms with E-state index >= 15 is 0 Å². The van der Waals surface area contributed by atoms with Gasteiger partial charge >= 0.3 is 6.18 Å². The minimum atomic E-state index is -4.65. The molecule has 2 N–H and O–H groups in total. The van der Waals surface area contributed by atoms with Gasteiger partial charge in [0.2, 0.25) is 5.82 Å². The first-order valence-corrected chi connectivity index (χ1v) is 5.61. The predicted molar refractivity (Wildman–Crippen MR) is 61.4 cm³/mol. The lowest BCUT2D eigenvalue weighted by atomic mass is 10.1. The van der Waals surface area contributed by atoms with E-state index in [0.717, 1.165) is 0 Å². The van der Waals surface area contributed by atoms with Crippen molar-refractivity contribution >= 4 is 17.4 Å². The fraction of sp³-hybridized carbons (Fsp3) is 0.600. The van der Waals surface area contributed by atoms with E-state index in [2.05, 4.69) is 15.3 Å². The van der Waals surface area contributed by atoms with Crippen LogP contribution in [0.5, 0.6) is 0 Å². The van der Waals surface area contributed by atoms with Gasteiger partial charge in [0.15, 0.2) is 0 Å². The molecule has 0 saturated heterocycles. The van der Waals surface area contributed by atoms with Crippen LogP contribution < -0.4 is 5.32 Å². The van der Waals surface area contributed by atoms with Crippen molar-refractivity contribution in [3.05, 3.63) is 17.0 Å². The van der Waals surface area contributed by atoms with E-state index in [0.29, 0.717) is 0 Å². The zero-order chi connectivity index (χ0) is 13.9. The Morgan fingerprint density at radius 3 is 2.50 bits per heavy atom. The molecule has 0 radical (unpaired) electrons. The number of aliphatic hydroxyl groups is 1. The SMILES string of the molecule is CC(CO)C(C)Nc1cc(Cl)nc(C(F)(F)F)n1. The lowest BCUT2D eigenvalue weighted by Crippen LogP contribution is -2.27. The molecule has 4 nitrogen and oxygen atoms in total. The van der Waals surface area contributed by atoms with Crippen molar-refractivity contribution in [3.63, 3.8) is 0 Å². The molecule has 0 spiro atoms. The minimum Gasteiger partial charge on any atom is -0.396 e. The van der Waals surface area contributed by atoms with Crippen molar-refractivity contribution in [1.82, 2.24) is 9.97 Å². The maximum Gasteiger partial charge on any atom is 0.451 e. The van der Waals surface area contributed by atoms with Crippen molar-refractivity contribution in [2.24, 2.45) is 5.92 Å².